The molecule has 4 heterocycles. The van der Waals surface area contributed by atoms with Gasteiger partial charge in [0.2, 0.25) is 0 Å². The lowest BCUT2D eigenvalue weighted by atomic mass is 10.2. The number of nitrogens with zero attached hydrogens (tertiary/aromatic N) is 6. The number of hydrogen-bond donors (Lipinski definition) is 2. The minimum absolute atomic E-state index is 0.00326. The normalized spacial score (nSPS) is 11.9. The molecule has 0 saturated carbocycles. The molecule has 0 amide bonds. The molecular formula is C33H22Cl2F2N8O4S2. The van der Waals surface area contributed by atoms with Crippen molar-refractivity contribution in [3.8, 4) is 5.82 Å². The summed E-state index contributed by atoms with van der Waals surface area (Å²) in [6.45, 7) is 0. The number of rotatable bonds is 9. The molecule has 0 aliphatic carbocycles. The Morgan fingerprint density at radius 2 is 1.67 bits per heavy atom. The van der Waals surface area contributed by atoms with E-state index < -0.39 is 48.0 Å². The fraction of sp³-hybridized carbons (Fsp3) is 0.0303. The van der Waals surface area contributed by atoms with Gasteiger partial charge in [0.25, 0.3) is 20.0 Å². The van der Waals surface area contributed by atoms with Crippen LogP contribution in [0.2, 0.25) is 10.0 Å². The molecule has 7 rings (SSSR count). The molecule has 7 aromatic rings. The summed E-state index contributed by atoms with van der Waals surface area (Å²) in [4.78, 5) is 16.6. The Kier molecular flexibility index (Phi) is 8.71. The topological polar surface area (TPSA) is 152 Å². The Morgan fingerprint density at radius 1 is 0.863 bits per heavy atom. The van der Waals surface area contributed by atoms with Crippen LogP contribution in [-0.2, 0) is 20.0 Å². The van der Waals surface area contributed by atoms with Crippen LogP contribution in [0.1, 0.15) is 0 Å². The van der Waals surface area contributed by atoms with Gasteiger partial charge in [-0.2, -0.15) is 0 Å². The average Bonchev–Trinajstić information content (AvgIpc) is 3.53. The van der Waals surface area contributed by atoms with Gasteiger partial charge in [-0.25, -0.2) is 40.6 Å². The third kappa shape index (κ3) is 6.16. The third-order valence-electron chi connectivity index (χ3n) is 7.82. The van der Waals surface area contributed by atoms with Gasteiger partial charge in [-0.15, -0.1) is 0 Å². The van der Waals surface area contributed by atoms with Gasteiger partial charge in [0, 0.05) is 24.8 Å². The number of para-hydroxylation sites is 1. The summed E-state index contributed by atoms with van der Waals surface area (Å²) in [5, 5.41) is 2.69. The van der Waals surface area contributed by atoms with Crippen molar-refractivity contribution >= 4 is 88.1 Å². The molecule has 0 fully saturated rings. The predicted molar refractivity (Wildman–Crippen MR) is 191 cm³/mol. The smallest absolute Gasteiger partial charge is 0.266 e. The number of aromatic nitrogens is 5. The Morgan fingerprint density at radius 3 is 2.45 bits per heavy atom. The van der Waals surface area contributed by atoms with Crippen LogP contribution in [0.5, 0.6) is 0 Å². The zero-order valence-electron chi connectivity index (χ0n) is 26.0. The number of hydrogen-bond acceptors (Lipinski definition) is 9. The summed E-state index contributed by atoms with van der Waals surface area (Å²) < 4.78 is 89.7. The minimum Gasteiger partial charge on any atom is -0.333 e. The van der Waals surface area contributed by atoms with Crippen LogP contribution in [0, 0.1) is 11.6 Å². The molecule has 258 valence electrons. The Balaban J connectivity index is 1.29. The van der Waals surface area contributed by atoms with Crippen molar-refractivity contribution in [1.29, 1.82) is 0 Å². The molecule has 18 heteroatoms. The van der Waals surface area contributed by atoms with Crippen molar-refractivity contribution < 1.29 is 25.6 Å². The van der Waals surface area contributed by atoms with Crippen LogP contribution in [0.15, 0.2) is 114 Å². The first kappa shape index (κ1) is 34.0. The van der Waals surface area contributed by atoms with Crippen molar-refractivity contribution in [3.63, 3.8) is 0 Å². The van der Waals surface area contributed by atoms with Crippen LogP contribution in [0.3, 0.4) is 0 Å². The van der Waals surface area contributed by atoms with Crippen molar-refractivity contribution in [1.82, 2.24) is 24.5 Å². The van der Waals surface area contributed by atoms with E-state index in [1.165, 1.54) is 43.8 Å². The summed E-state index contributed by atoms with van der Waals surface area (Å²) >= 11 is 12.0. The van der Waals surface area contributed by atoms with E-state index in [9.17, 15) is 16.8 Å². The second kappa shape index (κ2) is 13.0. The first-order valence-corrected chi connectivity index (χ1v) is 18.4. The highest BCUT2D eigenvalue weighted by Crippen LogP contribution is 2.35. The van der Waals surface area contributed by atoms with E-state index in [0.717, 1.165) is 22.8 Å². The molecule has 0 saturated heterocycles. The molecule has 4 aromatic heterocycles. The van der Waals surface area contributed by atoms with Gasteiger partial charge in [-0.1, -0.05) is 47.5 Å². The SMILES string of the molecule is CN(c1cccnc1)S(=O)(=O)c1cn(-c2ccc3ncnc(Nc4c(F)ccc(NS(=O)(=O)c5cccc(Cl)c5Cl)c4F)c3n2)c2ccccc12. The predicted octanol–water partition coefficient (Wildman–Crippen LogP) is 7.32. The van der Waals surface area contributed by atoms with E-state index in [-0.39, 0.29) is 37.6 Å². The second-order valence-corrected chi connectivity index (χ2v) is 15.3. The lowest BCUT2D eigenvalue weighted by Crippen LogP contribution is -2.26. The first-order chi connectivity index (χ1) is 24.4. The third-order valence-corrected chi connectivity index (χ3v) is 12.0. The molecule has 12 nitrogen and oxygen atoms in total. The van der Waals surface area contributed by atoms with Gasteiger partial charge in [-0.3, -0.25) is 18.6 Å². The maximum Gasteiger partial charge on any atom is 0.266 e. The van der Waals surface area contributed by atoms with Gasteiger partial charge < -0.3 is 5.32 Å². The number of anilines is 4. The van der Waals surface area contributed by atoms with E-state index >= 15 is 8.78 Å². The van der Waals surface area contributed by atoms with E-state index in [4.69, 9.17) is 23.2 Å². The Hall–Kier alpha value is -5.42. The molecule has 0 unspecified atom stereocenters. The summed E-state index contributed by atoms with van der Waals surface area (Å²) in [6.07, 6.45) is 5.55. The van der Waals surface area contributed by atoms with Crippen LogP contribution in [0.4, 0.5) is 31.7 Å². The monoisotopic (exact) mass is 766 g/mol. The minimum atomic E-state index is -4.46. The van der Waals surface area contributed by atoms with Gasteiger partial charge in [0.1, 0.15) is 39.0 Å². The van der Waals surface area contributed by atoms with Gasteiger partial charge in [0.05, 0.1) is 38.7 Å². The molecule has 3 aromatic carbocycles. The zero-order valence-corrected chi connectivity index (χ0v) is 29.1. The summed E-state index contributed by atoms with van der Waals surface area (Å²) in [5.74, 6) is -2.24. The fourth-order valence-electron chi connectivity index (χ4n) is 5.28. The second-order valence-electron chi connectivity index (χ2n) is 10.9. The molecule has 2 N–H and O–H groups in total. The highest BCUT2D eigenvalue weighted by atomic mass is 35.5. The van der Waals surface area contributed by atoms with Crippen LogP contribution in [0.25, 0.3) is 27.8 Å². The molecule has 0 bridgehead atoms. The average molecular weight is 768 g/mol. The molecular weight excluding hydrogens is 745 g/mol. The lowest BCUT2D eigenvalue weighted by Gasteiger charge is -2.18. The zero-order chi connectivity index (χ0) is 36.1. The van der Waals surface area contributed by atoms with Crippen molar-refractivity contribution in [2.24, 2.45) is 0 Å². The number of benzene rings is 3. The number of fused-ring (bicyclic) bond motifs is 2. The molecule has 0 spiro atoms. The van der Waals surface area contributed by atoms with Crippen molar-refractivity contribution in [3.05, 3.63) is 125 Å². The van der Waals surface area contributed by atoms with E-state index in [1.54, 1.807) is 53.1 Å². The quantitative estimate of drug-likeness (QED) is 0.154. The van der Waals surface area contributed by atoms with Crippen LogP contribution >= 0.6 is 23.2 Å². The Bertz CT molecular complexity index is 2720. The molecule has 0 aliphatic heterocycles. The van der Waals surface area contributed by atoms with E-state index in [1.807, 2.05) is 0 Å². The van der Waals surface area contributed by atoms with Gasteiger partial charge in [-0.05, 0) is 54.6 Å². The number of halogens is 4. The highest BCUT2D eigenvalue weighted by Gasteiger charge is 2.28. The van der Waals surface area contributed by atoms with Gasteiger partial charge in [0.15, 0.2) is 11.6 Å². The lowest BCUT2D eigenvalue weighted by molar-refractivity contribution is 0.588. The standard InChI is InChI=1S/C33H22Cl2F2N8O4S2/c1-44(19-6-5-15-38-16-19)51(48,49)27-17-45(25-9-3-2-7-20(25)27)28-14-13-24-32(41-28)33(40-18-39-24)42-31-22(36)11-12-23(30(31)37)43-50(46,47)26-10-4-8-21(34)29(26)35/h2-18,43H,1H3,(H,39,40,42). The number of pyridine rings is 2. The van der Waals surface area contributed by atoms with Crippen molar-refractivity contribution in [2.75, 3.05) is 21.4 Å². The molecule has 0 radical (unpaired) electrons. The maximum atomic E-state index is 15.8. The summed E-state index contributed by atoms with van der Waals surface area (Å²) in [7, 11) is -7.12. The van der Waals surface area contributed by atoms with E-state index in [2.05, 4.69) is 30.0 Å². The number of sulfonamides is 2. The molecule has 0 aliphatic rings. The van der Waals surface area contributed by atoms with E-state index in [0.29, 0.717) is 16.6 Å². The van der Waals surface area contributed by atoms with Gasteiger partial charge >= 0.3 is 0 Å². The maximum absolute atomic E-state index is 15.8. The fourth-order valence-corrected chi connectivity index (χ4v) is 8.47. The largest absolute Gasteiger partial charge is 0.333 e. The summed E-state index contributed by atoms with van der Waals surface area (Å²) in [6, 6.07) is 19.0. The highest BCUT2D eigenvalue weighted by molar-refractivity contribution is 7.93. The molecule has 51 heavy (non-hydrogen) atoms. The first-order valence-electron chi connectivity index (χ1n) is 14.7. The molecule has 0 atom stereocenters. The number of nitrogens with one attached hydrogen (secondary N) is 2. The van der Waals surface area contributed by atoms with Crippen LogP contribution < -0.4 is 14.3 Å². The Labute approximate surface area is 299 Å². The summed E-state index contributed by atoms with van der Waals surface area (Å²) in [5.41, 5.74) is -0.116. The van der Waals surface area contributed by atoms with Crippen LogP contribution in [-0.4, -0.2) is 48.4 Å². The van der Waals surface area contributed by atoms with Crippen molar-refractivity contribution in [2.45, 2.75) is 9.79 Å².